The van der Waals surface area contributed by atoms with Crippen LogP contribution in [0.5, 0.6) is 0 Å². The van der Waals surface area contributed by atoms with Gasteiger partial charge < -0.3 is 0 Å². The van der Waals surface area contributed by atoms with Crippen LogP contribution in [0.25, 0.3) is 0 Å². The number of hydrazone groups is 1. The quantitative estimate of drug-likeness (QED) is 0.246. The van der Waals surface area contributed by atoms with E-state index in [1.165, 1.54) is 0 Å². The second kappa shape index (κ2) is 10.5. The number of nitrogens with zero attached hydrogens (tertiary/aromatic N) is 2. The molecule has 0 spiro atoms. The zero-order valence-corrected chi connectivity index (χ0v) is 21.9. The van der Waals surface area contributed by atoms with E-state index in [4.69, 9.17) is 0 Å². The summed E-state index contributed by atoms with van der Waals surface area (Å²) in [6.45, 7) is 7.06. The molecule has 0 radical (unpaired) electrons. The topological polar surface area (TPSA) is 78.8 Å². The number of benzene rings is 3. The number of halogens is 1. The van der Waals surface area contributed by atoms with Gasteiger partial charge in [0.25, 0.3) is 15.9 Å². The summed E-state index contributed by atoms with van der Waals surface area (Å²) in [6.07, 6.45) is 0. The molecule has 172 valence electrons. The van der Waals surface area contributed by atoms with Gasteiger partial charge in [-0.25, -0.2) is 13.8 Å². The Morgan fingerprint density at radius 3 is 2.18 bits per heavy atom. The molecule has 0 saturated heterocycles. The van der Waals surface area contributed by atoms with Gasteiger partial charge in [-0.05, 0) is 103 Å². The molecule has 3 aromatic rings. The van der Waals surface area contributed by atoms with E-state index in [1.807, 2.05) is 51.1 Å². The Morgan fingerprint density at radius 2 is 1.58 bits per heavy atom. The molecule has 1 amide bonds. The molecular formula is C25H26IN3O3S. The lowest BCUT2D eigenvalue weighted by Gasteiger charge is -2.24. The summed E-state index contributed by atoms with van der Waals surface area (Å²) in [4.78, 5) is 12.9. The molecule has 0 saturated carbocycles. The molecule has 3 aromatic carbocycles. The van der Waals surface area contributed by atoms with Crippen LogP contribution in [-0.4, -0.2) is 26.6 Å². The van der Waals surface area contributed by atoms with Crippen LogP contribution in [0, 0.1) is 24.3 Å². The molecule has 0 atom stereocenters. The number of hydrogen-bond acceptors (Lipinski definition) is 4. The Hall–Kier alpha value is -2.72. The molecule has 0 aliphatic heterocycles. The molecule has 0 unspecified atom stereocenters. The van der Waals surface area contributed by atoms with Gasteiger partial charge >= 0.3 is 0 Å². The fourth-order valence-corrected chi connectivity index (χ4v) is 5.28. The van der Waals surface area contributed by atoms with Crippen LogP contribution in [0.2, 0.25) is 0 Å². The van der Waals surface area contributed by atoms with Gasteiger partial charge in [0.2, 0.25) is 0 Å². The number of sulfonamides is 1. The Bertz CT molecular complexity index is 1280. The van der Waals surface area contributed by atoms with Gasteiger partial charge in [0.15, 0.2) is 0 Å². The SMILES string of the molecule is C/C(=N/NC(=O)CN(c1cc(C)cc(C)c1)S(=O)(=O)c1ccc(C)cc1)c1cccc(I)c1. The van der Waals surface area contributed by atoms with E-state index in [2.05, 4.69) is 33.1 Å². The number of rotatable bonds is 7. The molecule has 6 nitrogen and oxygen atoms in total. The number of anilines is 1. The number of carbonyl (C=O) groups excluding carboxylic acids is 1. The summed E-state index contributed by atoms with van der Waals surface area (Å²) in [7, 11) is -3.97. The molecule has 0 aromatic heterocycles. The van der Waals surface area contributed by atoms with Crippen molar-refractivity contribution >= 4 is 49.9 Å². The van der Waals surface area contributed by atoms with Gasteiger partial charge in [-0.2, -0.15) is 5.10 Å². The minimum absolute atomic E-state index is 0.124. The van der Waals surface area contributed by atoms with Gasteiger partial charge in [0.1, 0.15) is 6.54 Å². The monoisotopic (exact) mass is 575 g/mol. The lowest BCUT2D eigenvalue weighted by Crippen LogP contribution is -2.39. The maximum Gasteiger partial charge on any atom is 0.264 e. The molecule has 3 rings (SSSR count). The Balaban J connectivity index is 1.92. The van der Waals surface area contributed by atoms with Crippen LogP contribution in [0.1, 0.15) is 29.2 Å². The van der Waals surface area contributed by atoms with Crippen molar-refractivity contribution in [1.82, 2.24) is 5.43 Å². The van der Waals surface area contributed by atoms with Crippen LogP contribution in [0.4, 0.5) is 5.69 Å². The summed E-state index contributed by atoms with van der Waals surface area (Å²) in [5.41, 5.74) is 7.20. The Labute approximate surface area is 208 Å². The average molecular weight is 575 g/mol. The third-order valence-corrected chi connectivity index (χ3v) is 7.44. The predicted octanol–water partition coefficient (Wildman–Crippen LogP) is 4.95. The Morgan fingerprint density at radius 1 is 0.939 bits per heavy atom. The maximum absolute atomic E-state index is 13.5. The fourth-order valence-electron chi connectivity index (χ4n) is 3.34. The average Bonchev–Trinajstić information content (AvgIpc) is 2.75. The molecule has 0 fully saturated rings. The van der Waals surface area contributed by atoms with E-state index in [0.717, 1.165) is 30.1 Å². The number of amides is 1. The van der Waals surface area contributed by atoms with Crippen molar-refractivity contribution in [1.29, 1.82) is 0 Å². The van der Waals surface area contributed by atoms with Crippen molar-refractivity contribution in [3.63, 3.8) is 0 Å². The highest BCUT2D eigenvalue weighted by Crippen LogP contribution is 2.26. The van der Waals surface area contributed by atoms with Gasteiger partial charge in [-0.1, -0.05) is 35.9 Å². The van der Waals surface area contributed by atoms with Crippen LogP contribution in [0.3, 0.4) is 0 Å². The number of hydrogen-bond donors (Lipinski definition) is 1. The summed E-state index contributed by atoms with van der Waals surface area (Å²) in [5, 5.41) is 4.18. The van der Waals surface area contributed by atoms with Crippen molar-refractivity contribution in [2.75, 3.05) is 10.8 Å². The Kier molecular flexibility index (Phi) is 7.91. The fraction of sp³-hybridized carbons (Fsp3) is 0.200. The van der Waals surface area contributed by atoms with Gasteiger partial charge in [0, 0.05) is 3.57 Å². The minimum atomic E-state index is -3.97. The maximum atomic E-state index is 13.5. The predicted molar refractivity (Wildman–Crippen MR) is 141 cm³/mol. The third kappa shape index (κ3) is 6.42. The highest BCUT2D eigenvalue weighted by Gasteiger charge is 2.27. The minimum Gasteiger partial charge on any atom is -0.271 e. The molecule has 1 N–H and O–H groups in total. The first-order valence-electron chi connectivity index (χ1n) is 10.3. The largest absolute Gasteiger partial charge is 0.271 e. The van der Waals surface area contributed by atoms with Gasteiger partial charge in [-0.3, -0.25) is 9.10 Å². The summed E-state index contributed by atoms with van der Waals surface area (Å²) in [5.74, 6) is -0.533. The van der Waals surface area contributed by atoms with E-state index < -0.39 is 22.5 Å². The lowest BCUT2D eigenvalue weighted by atomic mass is 10.1. The highest BCUT2D eigenvalue weighted by atomic mass is 127. The van der Waals surface area contributed by atoms with Gasteiger partial charge in [0.05, 0.1) is 16.3 Å². The van der Waals surface area contributed by atoms with E-state index in [0.29, 0.717) is 11.4 Å². The van der Waals surface area contributed by atoms with Crippen LogP contribution < -0.4 is 9.73 Å². The lowest BCUT2D eigenvalue weighted by molar-refractivity contribution is -0.119. The normalized spacial score (nSPS) is 11.8. The van der Waals surface area contributed by atoms with Crippen LogP contribution in [0.15, 0.2) is 76.7 Å². The first-order valence-corrected chi connectivity index (χ1v) is 12.8. The summed E-state index contributed by atoms with van der Waals surface area (Å²) in [6, 6.07) is 19.8. The third-order valence-electron chi connectivity index (χ3n) is 4.98. The van der Waals surface area contributed by atoms with E-state index in [1.54, 1.807) is 43.3 Å². The zero-order chi connectivity index (χ0) is 24.2. The molecule has 33 heavy (non-hydrogen) atoms. The number of aryl methyl sites for hydroxylation is 3. The summed E-state index contributed by atoms with van der Waals surface area (Å²) < 4.78 is 29.2. The molecule has 0 heterocycles. The second-order valence-corrected chi connectivity index (χ2v) is 11.0. The van der Waals surface area contributed by atoms with Gasteiger partial charge in [-0.15, -0.1) is 0 Å². The van der Waals surface area contributed by atoms with Crippen molar-refractivity contribution in [3.05, 3.63) is 92.6 Å². The molecule has 0 aliphatic carbocycles. The van der Waals surface area contributed by atoms with Crippen molar-refractivity contribution < 1.29 is 13.2 Å². The highest BCUT2D eigenvalue weighted by molar-refractivity contribution is 14.1. The molecule has 0 aliphatic rings. The first-order chi connectivity index (χ1) is 15.6. The second-order valence-electron chi connectivity index (χ2n) is 7.91. The zero-order valence-electron chi connectivity index (χ0n) is 19.0. The van der Waals surface area contributed by atoms with Crippen molar-refractivity contribution in [3.8, 4) is 0 Å². The van der Waals surface area contributed by atoms with Crippen molar-refractivity contribution in [2.45, 2.75) is 32.6 Å². The molecule has 8 heteroatoms. The standard InChI is InChI=1S/C25H26IN3O3S/c1-17-8-10-24(11-9-17)33(31,32)29(23-13-18(2)12-19(3)14-23)16-25(30)28-27-20(4)21-6-5-7-22(26)15-21/h5-15H,16H2,1-4H3,(H,28,30)/b27-20-. The van der Waals surface area contributed by atoms with E-state index >= 15 is 0 Å². The smallest absolute Gasteiger partial charge is 0.264 e. The number of nitrogens with one attached hydrogen (secondary N) is 1. The number of carbonyl (C=O) groups is 1. The van der Waals surface area contributed by atoms with E-state index in [9.17, 15) is 13.2 Å². The summed E-state index contributed by atoms with van der Waals surface area (Å²) >= 11 is 2.21. The first kappa shape index (κ1) is 24.9. The van der Waals surface area contributed by atoms with Crippen LogP contribution in [-0.2, 0) is 14.8 Å². The van der Waals surface area contributed by atoms with Crippen LogP contribution >= 0.6 is 22.6 Å². The molecule has 0 bridgehead atoms. The van der Waals surface area contributed by atoms with E-state index in [-0.39, 0.29) is 4.90 Å². The molecular weight excluding hydrogens is 549 g/mol. The van der Waals surface area contributed by atoms with Crippen molar-refractivity contribution in [2.24, 2.45) is 5.10 Å².